The molecule has 0 bridgehead atoms. The van der Waals surface area contributed by atoms with Crippen LogP contribution in [0.5, 0.6) is 5.75 Å². The zero-order valence-electron chi connectivity index (χ0n) is 11.7. The molecule has 3 N–H and O–H groups in total. The monoisotopic (exact) mass is 279 g/mol. The van der Waals surface area contributed by atoms with Crippen molar-refractivity contribution in [3.8, 4) is 5.75 Å². The second kappa shape index (κ2) is 6.56. The van der Waals surface area contributed by atoms with Crippen LogP contribution in [0.3, 0.4) is 0 Å². The van der Waals surface area contributed by atoms with Gasteiger partial charge in [-0.05, 0) is 18.8 Å². The second-order valence-corrected chi connectivity index (χ2v) is 5.21. The van der Waals surface area contributed by atoms with E-state index in [1.807, 2.05) is 0 Å². The van der Waals surface area contributed by atoms with Gasteiger partial charge < -0.3 is 15.8 Å². The van der Waals surface area contributed by atoms with Gasteiger partial charge in [0, 0.05) is 30.4 Å². The summed E-state index contributed by atoms with van der Waals surface area (Å²) in [6.45, 7) is 0.523. The van der Waals surface area contributed by atoms with E-state index in [0.29, 0.717) is 23.9 Å². The Kier molecular flexibility index (Phi) is 4.79. The predicted molar refractivity (Wildman–Crippen MR) is 78.1 cm³/mol. The van der Waals surface area contributed by atoms with Crippen LogP contribution in [0.4, 0.5) is 11.4 Å². The first-order chi connectivity index (χ1) is 9.63. The molecule has 1 atom stereocenters. The van der Waals surface area contributed by atoms with Crippen LogP contribution in [0.15, 0.2) is 18.2 Å². The number of benzene rings is 1. The highest BCUT2D eigenvalue weighted by Gasteiger charge is 2.24. The maximum absolute atomic E-state index is 10.9. The Balaban J connectivity index is 2.17. The van der Waals surface area contributed by atoms with E-state index in [4.69, 9.17) is 10.5 Å². The lowest BCUT2D eigenvalue weighted by Gasteiger charge is -2.24. The number of nitrogens with one attached hydrogen (secondary N) is 1. The Hall–Kier alpha value is -1.82. The van der Waals surface area contributed by atoms with E-state index < -0.39 is 4.92 Å². The molecule has 1 aliphatic rings. The number of non-ortho nitro benzene ring substituents is 1. The molecule has 0 spiro atoms. The minimum atomic E-state index is -0.416. The Bertz CT molecular complexity index is 473. The molecule has 2 rings (SSSR count). The molecule has 1 saturated carbocycles. The van der Waals surface area contributed by atoms with E-state index in [2.05, 4.69) is 5.32 Å². The molecule has 0 heterocycles. The highest BCUT2D eigenvalue weighted by atomic mass is 16.6. The van der Waals surface area contributed by atoms with Crippen LogP contribution >= 0.6 is 0 Å². The molecule has 6 heteroatoms. The molecule has 1 aromatic rings. The molecule has 1 aromatic carbocycles. The van der Waals surface area contributed by atoms with Gasteiger partial charge in [0.25, 0.3) is 5.69 Å². The standard InChI is InChI=1S/C14H21N3O3/c1-20-13-7-11(6-12(8-13)17(18)19)16-14(9-15)10-4-2-3-5-10/h6-8,10,14,16H,2-5,9,15H2,1H3. The fourth-order valence-corrected chi connectivity index (χ4v) is 2.83. The van der Waals surface area contributed by atoms with Crippen LogP contribution in [0.2, 0.25) is 0 Å². The number of nitrogens with two attached hydrogens (primary N) is 1. The van der Waals surface area contributed by atoms with Gasteiger partial charge in [-0.2, -0.15) is 0 Å². The molecule has 1 fully saturated rings. The van der Waals surface area contributed by atoms with Crippen molar-refractivity contribution >= 4 is 11.4 Å². The van der Waals surface area contributed by atoms with Gasteiger partial charge in [0.05, 0.1) is 18.1 Å². The first kappa shape index (κ1) is 14.6. The third-order valence-corrected chi connectivity index (χ3v) is 3.91. The Morgan fingerprint density at radius 1 is 1.45 bits per heavy atom. The molecule has 1 unspecified atom stereocenters. The van der Waals surface area contributed by atoms with Gasteiger partial charge in [0.1, 0.15) is 5.75 Å². The molecule has 0 amide bonds. The maximum Gasteiger partial charge on any atom is 0.275 e. The Morgan fingerprint density at radius 2 is 2.15 bits per heavy atom. The third kappa shape index (κ3) is 3.39. The highest BCUT2D eigenvalue weighted by Crippen LogP contribution is 2.31. The summed E-state index contributed by atoms with van der Waals surface area (Å²) < 4.78 is 5.11. The number of nitro benzene ring substituents is 1. The number of hydrogen-bond acceptors (Lipinski definition) is 5. The summed E-state index contributed by atoms with van der Waals surface area (Å²) in [4.78, 5) is 10.5. The number of hydrogen-bond donors (Lipinski definition) is 2. The first-order valence-corrected chi connectivity index (χ1v) is 6.94. The summed E-state index contributed by atoms with van der Waals surface area (Å²) in [7, 11) is 1.50. The number of nitro groups is 1. The van der Waals surface area contributed by atoms with Crippen LogP contribution in [-0.2, 0) is 0 Å². The smallest absolute Gasteiger partial charge is 0.275 e. The van der Waals surface area contributed by atoms with Gasteiger partial charge in [-0.25, -0.2) is 0 Å². The average Bonchev–Trinajstić information content (AvgIpc) is 2.98. The SMILES string of the molecule is COc1cc(NC(CN)C2CCCC2)cc([N+](=O)[O-])c1. The highest BCUT2D eigenvalue weighted by molar-refractivity contribution is 5.57. The first-order valence-electron chi connectivity index (χ1n) is 6.94. The van der Waals surface area contributed by atoms with E-state index >= 15 is 0 Å². The number of methoxy groups -OCH3 is 1. The Morgan fingerprint density at radius 3 is 2.70 bits per heavy atom. The fraction of sp³-hybridized carbons (Fsp3) is 0.571. The number of ether oxygens (including phenoxy) is 1. The van der Waals surface area contributed by atoms with Crippen molar-refractivity contribution in [3.05, 3.63) is 28.3 Å². The molecule has 0 radical (unpaired) electrons. The molecule has 110 valence electrons. The molecular formula is C14H21N3O3. The topological polar surface area (TPSA) is 90.4 Å². The summed E-state index contributed by atoms with van der Waals surface area (Å²) in [6.07, 6.45) is 4.81. The van der Waals surface area contributed by atoms with Crippen molar-refractivity contribution < 1.29 is 9.66 Å². The molecule has 6 nitrogen and oxygen atoms in total. The van der Waals surface area contributed by atoms with Crippen molar-refractivity contribution in [2.75, 3.05) is 19.0 Å². The molecule has 1 aliphatic carbocycles. The minimum absolute atomic E-state index is 0.0223. The van der Waals surface area contributed by atoms with E-state index in [-0.39, 0.29) is 11.7 Å². The van der Waals surface area contributed by atoms with E-state index in [1.54, 1.807) is 6.07 Å². The van der Waals surface area contributed by atoms with Crippen molar-refractivity contribution in [1.82, 2.24) is 0 Å². The maximum atomic E-state index is 10.9. The zero-order valence-corrected chi connectivity index (χ0v) is 11.7. The van der Waals surface area contributed by atoms with Crippen molar-refractivity contribution in [1.29, 1.82) is 0 Å². The molecule has 0 aliphatic heterocycles. The van der Waals surface area contributed by atoms with Crippen LogP contribution < -0.4 is 15.8 Å². The third-order valence-electron chi connectivity index (χ3n) is 3.91. The van der Waals surface area contributed by atoms with Crippen LogP contribution in [-0.4, -0.2) is 24.6 Å². The summed E-state index contributed by atoms with van der Waals surface area (Å²) in [5.74, 6) is 1.02. The zero-order chi connectivity index (χ0) is 14.5. The van der Waals surface area contributed by atoms with Crippen LogP contribution in [0.25, 0.3) is 0 Å². The minimum Gasteiger partial charge on any atom is -0.496 e. The molecule has 20 heavy (non-hydrogen) atoms. The van der Waals surface area contributed by atoms with Crippen molar-refractivity contribution in [3.63, 3.8) is 0 Å². The van der Waals surface area contributed by atoms with Gasteiger partial charge in [-0.1, -0.05) is 12.8 Å². The summed E-state index contributed by atoms with van der Waals surface area (Å²) in [5, 5.41) is 14.3. The molecular weight excluding hydrogens is 258 g/mol. The van der Waals surface area contributed by atoms with E-state index in [0.717, 1.165) is 0 Å². The van der Waals surface area contributed by atoms with E-state index in [1.165, 1.54) is 44.9 Å². The number of nitrogens with zero attached hydrogens (tertiary/aromatic N) is 1. The lowest BCUT2D eigenvalue weighted by atomic mass is 9.98. The number of rotatable bonds is 6. The fourth-order valence-electron chi connectivity index (χ4n) is 2.83. The van der Waals surface area contributed by atoms with Crippen LogP contribution in [0.1, 0.15) is 25.7 Å². The lowest BCUT2D eigenvalue weighted by molar-refractivity contribution is -0.384. The quantitative estimate of drug-likeness (QED) is 0.617. The molecule has 0 saturated heterocycles. The largest absolute Gasteiger partial charge is 0.496 e. The Labute approximate surface area is 118 Å². The van der Waals surface area contributed by atoms with Gasteiger partial charge in [-0.3, -0.25) is 10.1 Å². The number of anilines is 1. The van der Waals surface area contributed by atoms with Crippen molar-refractivity contribution in [2.24, 2.45) is 11.7 Å². The second-order valence-electron chi connectivity index (χ2n) is 5.21. The average molecular weight is 279 g/mol. The lowest BCUT2D eigenvalue weighted by Crippen LogP contribution is -2.35. The van der Waals surface area contributed by atoms with Crippen LogP contribution in [0, 0.1) is 16.0 Å². The van der Waals surface area contributed by atoms with Gasteiger partial charge in [0.15, 0.2) is 0 Å². The van der Waals surface area contributed by atoms with Gasteiger partial charge in [0.2, 0.25) is 0 Å². The summed E-state index contributed by atoms with van der Waals surface area (Å²) in [6, 6.07) is 4.87. The summed E-state index contributed by atoms with van der Waals surface area (Å²) in [5.41, 5.74) is 6.56. The van der Waals surface area contributed by atoms with Gasteiger partial charge in [-0.15, -0.1) is 0 Å². The molecule has 0 aromatic heterocycles. The summed E-state index contributed by atoms with van der Waals surface area (Å²) >= 11 is 0. The van der Waals surface area contributed by atoms with E-state index in [9.17, 15) is 10.1 Å². The predicted octanol–water partition coefficient (Wildman–Crippen LogP) is 2.53. The van der Waals surface area contributed by atoms with Gasteiger partial charge >= 0.3 is 0 Å². The van der Waals surface area contributed by atoms with Crippen molar-refractivity contribution in [2.45, 2.75) is 31.7 Å². The normalized spacial score (nSPS) is 16.9.